The largest absolute Gasteiger partial charge is 0.392 e. The SMILES string of the molecule is [N-]=[N+]=NCC#Cc1cncc([N+](=O)[O-])c1N. The van der Waals surface area contributed by atoms with Crippen LogP contribution in [0.3, 0.4) is 0 Å². The fourth-order valence-corrected chi connectivity index (χ4v) is 0.906. The molecule has 0 radical (unpaired) electrons. The number of nitro groups is 1. The van der Waals surface area contributed by atoms with Crippen LogP contribution in [0.2, 0.25) is 0 Å². The number of nitrogens with zero attached hydrogens (tertiary/aromatic N) is 5. The molecule has 16 heavy (non-hydrogen) atoms. The van der Waals surface area contributed by atoms with Gasteiger partial charge in [0.05, 0.1) is 17.0 Å². The maximum absolute atomic E-state index is 10.5. The molecule has 0 saturated heterocycles. The summed E-state index contributed by atoms with van der Waals surface area (Å²) in [5.74, 6) is 5.03. The van der Waals surface area contributed by atoms with Crippen molar-refractivity contribution in [2.24, 2.45) is 5.11 Å². The molecule has 0 atom stereocenters. The van der Waals surface area contributed by atoms with E-state index in [1.165, 1.54) is 6.20 Å². The van der Waals surface area contributed by atoms with Crippen molar-refractivity contribution in [2.45, 2.75) is 0 Å². The van der Waals surface area contributed by atoms with Gasteiger partial charge in [0.1, 0.15) is 11.9 Å². The third-order valence-corrected chi connectivity index (χ3v) is 1.60. The maximum Gasteiger partial charge on any atom is 0.311 e. The number of nitrogen functional groups attached to an aromatic ring is 1. The van der Waals surface area contributed by atoms with E-state index in [9.17, 15) is 10.1 Å². The van der Waals surface area contributed by atoms with Gasteiger partial charge in [-0.3, -0.25) is 15.1 Å². The van der Waals surface area contributed by atoms with Crippen molar-refractivity contribution < 1.29 is 4.92 Å². The number of hydrogen-bond donors (Lipinski definition) is 1. The fraction of sp³-hybridized carbons (Fsp3) is 0.125. The Bertz CT molecular complexity index is 523. The Labute approximate surface area is 89.9 Å². The Hall–Kier alpha value is -2.78. The zero-order chi connectivity index (χ0) is 12.0. The summed E-state index contributed by atoms with van der Waals surface area (Å²) in [6, 6.07) is 0. The van der Waals surface area contributed by atoms with Gasteiger partial charge in [-0.1, -0.05) is 17.0 Å². The standard InChI is InChI=1S/C8H6N6O2/c9-8-6(2-1-3-12-13-10)4-11-5-7(8)14(15)16/h4-5H,3H2,(H2,9,11). The van der Waals surface area contributed by atoms with Crippen molar-refractivity contribution in [2.75, 3.05) is 12.3 Å². The molecule has 0 bridgehead atoms. The smallest absolute Gasteiger partial charge is 0.311 e. The van der Waals surface area contributed by atoms with Gasteiger partial charge in [0, 0.05) is 11.1 Å². The molecule has 0 aliphatic carbocycles. The lowest BCUT2D eigenvalue weighted by Gasteiger charge is -1.97. The van der Waals surface area contributed by atoms with E-state index in [2.05, 4.69) is 26.9 Å². The summed E-state index contributed by atoms with van der Waals surface area (Å²) in [5.41, 5.74) is 13.4. The van der Waals surface area contributed by atoms with Gasteiger partial charge in [0.25, 0.3) is 0 Å². The number of azide groups is 1. The maximum atomic E-state index is 10.5. The van der Waals surface area contributed by atoms with Crippen molar-refractivity contribution in [3.8, 4) is 11.8 Å². The summed E-state index contributed by atoms with van der Waals surface area (Å²) >= 11 is 0. The van der Waals surface area contributed by atoms with Crippen LogP contribution >= 0.6 is 0 Å². The minimum Gasteiger partial charge on any atom is -0.392 e. The Morgan fingerprint density at radius 1 is 1.69 bits per heavy atom. The van der Waals surface area contributed by atoms with Gasteiger partial charge in [-0.2, -0.15) is 0 Å². The highest BCUT2D eigenvalue weighted by molar-refractivity contribution is 5.66. The fourth-order valence-electron chi connectivity index (χ4n) is 0.906. The van der Waals surface area contributed by atoms with Gasteiger partial charge < -0.3 is 5.73 Å². The number of nitrogens with two attached hydrogens (primary N) is 1. The van der Waals surface area contributed by atoms with Gasteiger partial charge >= 0.3 is 5.69 Å². The van der Waals surface area contributed by atoms with Crippen molar-refractivity contribution in [3.63, 3.8) is 0 Å². The van der Waals surface area contributed by atoms with Gasteiger partial charge in [-0.05, 0) is 5.53 Å². The molecule has 1 heterocycles. The summed E-state index contributed by atoms with van der Waals surface area (Å²) in [7, 11) is 0. The van der Waals surface area contributed by atoms with Gasteiger partial charge in [0.2, 0.25) is 0 Å². The van der Waals surface area contributed by atoms with Crippen LogP contribution < -0.4 is 5.73 Å². The molecule has 1 aromatic rings. The average Bonchev–Trinajstić information content (AvgIpc) is 2.26. The number of aromatic nitrogens is 1. The molecule has 0 aromatic carbocycles. The molecule has 1 rings (SSSR count). The van der Waals surface area contributed by atoms with E-state index in [0.29, 0.717) is 0 Å². The number of rotatable bonds is 2. The van der Waals surface area contributed by atoms with Crippen LogP contribution in [0, 0.1) is 22.0 Å². The summed E-state index contributed by atoms with van der Waals surface area (Å²) < 4.78 is 0. The molecule has 8 nitrogen and oxygen atoms in total. The third kappa shape index (κ3) is 2.60. The average molecular weight is 218 g/mol. The van der Waals surface area contributed by atoms with Crippen LogP contribution in [0.4, 0.5) is 11.4 Å². The van der Waals surface area contributed by atoms with E-state index < -0.39 is 4.92 Å². The third-order valence-electron chi connectivity index (χ3n) is 1.60. The highest BCUT2D eigenvalue weighted by atomic mass is 16.6. The predicted octanol–water partition coefficient (Wildman–Crippen LogP) is 1.23. The first-order chi connectivity index (χ1) is 7.66. The molecule has 0 aliphatic heterocycles. The van der Waals surface area contributed by atoms with Crippen molar-refractivity contribution >= 4 is 11.4 Å². The molecule has 80 valence electrons. The zero-order valence-corrected chi connectivity index (χ0v) is 7.99. The van der Waals surface area contributed by atoms with E-state index in [-0.39, 0.29) is 23.5 Å². The minimum absolute atomic E-state index is 0.0291. The first-order valence-corrected chi connectivity index (χ1v) is 4.04. The summed E-state index contributed by atoms with van der Waals surface area (Å²) in [4.78, 5) is 16.0. The highest BCUT2D eigenvalue weighted by Crippen LogP contribution is 2.22. The predicted molar refractivity (Wildman–Crippen MR) is 56.2 cm³/mol. The summed E-state index contributed by atoms with van der Waals surface area (Å²) in [5, 5.41) is 13.7. The van der Waals surface area contributed by atoms with Gasteiger partial charge in [-0.15, -0.1) is 0 Å². The Morgan fingerprint density at radius 2 is 2.44 bits per heavy atom. The van der Waals surface area contributed by atoms with E-state index in [4.69, 9.17) is 11.3 Å². The summed E-state index contributed by atoms with van der Waals surface area (Å²) in [6.45, 7) is -0.0291. The van der Waals surface area contributed by atoms with E-state index in [0.717, 1.165) is 6.20 Å². The molecule has 0 amide bonds. The molecule has 0 saturated carbocycles. The van der Waals surface area contributed by atoms with E-state index in [1.807, 2.05) is 0 Å². The molecule has 0 fully saturated rings. The molecule has 0 unspecified atom stereocenters. The molecule has 2 N–H and O–H groups in total. The van der Waals surface area contributed by atoms with Crippen molar-refractivity contribution in [1.82, 2.24) is 4.98 Å². The first kappa shape index (κ1) is 11.3. The van der Waals surface area contributed by atoms with Crippen LogP contribution in [0.15, 0.2) is 17.5 Å². The normalized spacial score (nSPS) is 8.50. The Morgan fingerprint density at radius 3 is 3.06 bits per heavy atom. The number of pyridine rings is 1. The Balaban J connectivity index is 3.04. The minimum atomic E-state index is -0.638. The molecule has 8 heteroatoms. The Kier molecular flexibility index (Phi) is 3.66. The second-order valence-corrected chi connectivity index (χ2v) is 2.57. The highest BCUT2D eigenvalue weighted by Gasteiger charge is 2.13. The van der Waals surface area contributed by atoms with Crippen LogP contribution in [0.1, 0.15) is 5.56 Å². The second kappa shape index (κ2) is 5.19. The first-order valence-electron chi connectivity index (χ1n) is 4.04. The topological polar surface area (TPSA) is 131 Å². The number of hydrogen-bond acceptors (Lipinski definition) is 5. The molecule has 1 aromatic heterocycles. The zero-order valence-electron chi connectivity index (χ0n) is 7.99. The lowest BCUT2D eigenvalue weighted by molar-refractivity contribution is -0.384. The van der Waals surface area contributed by atoms with Crippen LogP contribution in [-0.4, -0.2) is 16.5 Å². The molecule has 0 aliphatic rings. The van der Waals surface area contributed by atoms with Gasteiger partial charge in [0.15, 0.2) is 0 Å². The lowest BCUT2D eigenvalue weighted by Crippen LogP contribution is -1.99. The quantitative estimate of drug-likeness (QED) is 0.199. The van der Waals surface area contributed by atoms with Crippen molar-refractivity contribution in [3.05, 3.63) is 38.5 Å². The molecule has 0 spiro atoms. The molecular weight excluding hydrogens is 212 g/mol. The molecular formula is C8H6N6O2. The van der Waals surface area contributed by atoms with E-state index >= 15 is 0 Å². The van der Waals surface area contributed by atoms with Crippen molar-refractivity contribution in [1.29, 1.82) is 0 Å². The van der Waals surface area contributed by atoms with E-state index in [1.54, 1.807) is 0 Å². The number of anilines is 1. The second-order valence-electron chi connectivity index (χ2n) is 2.57. The van der Waals surface area contributed by atoms with Crippen LogP contribution in [0.25, 0.3) is 10.4 Å². The summed E-state index contributed by atoms with van der Waals surface area (Å²) in [6.07, 6.45) is 2.36. The van der Waals surface area contributed by atoms with Crippen LogP contribution in [0.5, 0.6) is 0 Å². The lowest BCUT2D eigenvalue weighted by atomic mass is 10.2. The van der Waals surface area contributed by atoms with Gasteiger partial charge in [-0.25, -0.2) is 0 Å². The van der Waals surface area contributed by atoms with Crippen LogP contribution in [-0.2, 0) is 0 Å². The monoisotopic (exact) mass is 218 g/mol.